The van der Waals surface area contributed by atoms with Crippen molar-refractivity contribution < 1.29 is 4.79 Å². The van der Waals surface area contributed by atoms with Crippen LogP contribution in [0.4, 0.5) is 4.79 Å². The average molecular weight is 310 g/mol. The summed E-state index contributed by atoms with van der Waals surface area (Å²) in [5.41, 5.74) is 0. The van der Waals surface area contributed by atoms with E-state index in [-0.39, 0.29) is 6.03 Å². The summed E-state index contributed by atoms with van der Waals surface area (Å²) in [6, 6.07) is 0.347. The van der Waals surface area contributed by atoms with Gasteiger partial charge in [0.2, 0.25) is 0 Å². The maximum atomic E-state index is 12.4. The van der Waals surface area contributed by atoms with Crippen LogP contribution in [0.3, 0.4) is 0 Å². The number of carbonyl (C=O) groups excluding carboxylic acids is 1. The molecule has 2 heterocycles. The van der Waals surface area contributed by atoms with Crippen LogP contribution in [-0.4, -0.2) is 44.6 Å². The number of imidazole rings is 1. The standard InChI is InChI=1S/C15H26N4OS/c1-12(2)11-18-6-5-16-14(18)10-17-15(20)19-7-9-21-8-4-13(19)3/h5-6,12-13H,4,7-11H2,1-3H3,(H,17,20). The number of thioether (sulfide) groups is 1. The van der Waals surface area contributed by atoms with Crippen molar-refractivity contribution in [3.8, 4) is 0 Å². The lowest BCUT2D eigenvalue weighted by Gasteiger charge is -2.27. The highest BCUT2D eigenvalue weighted by molar-refractivity contribution is 7.99. The predicted molar refractivity (Wildman–Crippen MR) is 87.4 cm³/mol. The van der Waals surface area contributed by atoms with Gasteiger partial charge in [-0.1, -0.05) is 13.8 Å². The Bertz CT molecular complexity index is 460. The summed E-state index contributed by atoms with van der Waals surface area (Å²) in [4.78, 5) is 18.7. The monoisotopic (exact) mass is 310 g/mol. The van der Waals surface area contributed by atoms with Crippen LogP contribution in [0, 0.1) is 5.92 Å². The minimum Gasteiger partial charge on any atom is -0.333 e. The normalized spacial score (nSPS) is 19.6. The molecule has 118 valence electrons. The van der Waals surface area contributed by atoms with Gasteiger partial charge in [0, 0.05) is 37.3 Å². The van der Waals surface area contributed by atoms with Crippen LogP contribution in [0.15, 0.2) is 12.4 Å². The zero-order valence-electron chi connectivity index (χ0n) is 13.2. The van der Waals surface area contributed by atoms with Crippen LogP contribution in [0.5, 0.6) is 0 Å². The van der Waals surface area contributed by atoms with Gasteiger partial charge < -0.3 is 14.8 Å². The number of amides is 2. The lowest BCUT2D eigenvalue weighted by Crippen LogP contribution is -2.45. The maximum absolute atomic E-state index is 12.4. The van der Waals surface area contributed by atoms with Crippen molar-refractivity contribution in [1.29, 1.82) is 0 Å². The van der Waals surface area contributed by atoms with E-state index in [1.54, 1.807) is 6.20 Å². The van der Waals surface area contributed by atoms with Gasteiger partial charge in [-0.15, -0.1) is 0 Å². The molecule has 0 radical (unpaired) electrons. The highest BCUT2D eigenvalue weighted by Gasteiger charge is 2.22. The van der Waals surface area contributed by atoms with Gasteiger partial charge in [-0.05, 0) is 25.0 Å². The summed E-state index contributed by atoms with van der Waals surface area (Å²) in [6.45, 7) is 8.75. The van der Waals surface area contributed by atoms with Gasteiger partial charge in [-0.25, -0.2) is 9.78 Å². The summed E-state index contributed by atoms with van der Waals surface area (Å²) in [7, 11) is 0. The number of hydrogen-bond donors (Lipinski definition) is 1. The second-order valence-electron chi connectivity index (χ2n) is 5.99. The average Bonchev–Trinajstić information content (AvgIpc) is 2.74. The fraction of sp³-hybridized carbons (Fsp3) is 0.733. The fourth-order valence-corrected chi connectivity index (χ4v) is 3.56. The van der Waals surface area contributed by atoms with Crippen LogP contribution < -0.4 is 5.32 Å². The van der Waals surface area contributed by atoms with Crippen LogP contribution in [0.1, 0.15) is 33.0 Å². The molecule has 21 heavy (non-hydrogen) atoms. The predicted octanol–water partition coefficient (Wildman–Crippen LogP) is 2.58. The smallest absolute Gasteiger partial charge is 0.318 e. The first-order valence-corrected chi connectivity index (χ1v) is 8.85. The van der Waals surface area contributed by atoms with E-state index in [1.165, 1.54) is 0 Å². The molecule has 0 saturated carbocycles. The van der Waals surface area contributed by atoms with Crippen molar-refractivity contribution in [1.82, 2.24) is 19.8 Å². The highest BCUT2D eigenvalue weighted by atomic mass is 32.2. The number of urea groups is 1. The van der Waals surface area contributed by atoms with Crippen molar-refractivity contribution in [2.45, 2.75) is 46.3 Å². The molecular formula is C15H26N4OS. The number of carbonyl (C=O) groups is 1. The number of rotatable bonds is 4. The van der Waals surface area contributed by atoms with Gasteiger partial charge in [0.05, 0.1) is 6.54 Å². The minimum absolute atomic E-state index is 0.0316. The van der Waals surface area contributed by atoms with Crippen LogP contribution in [0.25, 0.3) is 0 Å². The van der Waals surface area contributed by atoms with Crippen LogP contribution >= 0.6 is 11.8 Å². The van der Waals surface area contributed by atoms with Crippen LogP contribution in [0.2, 0.25) is 0 Å². The van der Waals surface area contributed by atoms with Crippen molar-refractivity contribution in [3.63, 3.8) is 0 Å². The molecule has 1 unspecified atom stereocenters. The number of hydrogen-bond acceptors (Lipinski definition) is 3. The van der Waals surface area contributed by atoms with Gasteiger partial charge in [0.15, 0.2) is 0 Å². The maximum Gasteiger partial charge on any atom is 0.318 e. The van der Waals surface area contributed by atoms with E-state index in [4.69, 9.17) is 0 Å². The molecule has 0 aliphatic carbocycles. The summed E-state index contributed by atoms with van der Waals surface area (Å²) in [5, 5.41) is 3.02. The largest absolute Gasteiger partial charge is 0.333 e. The molecule has 1 aliphatic heterocycles. The molecule has 6 heteroatoms. The SMILES string of the molecule is CC(C)Cn1ccnc1CNC(=O)N1CCSCCC1C. The fourth-order valence-electron chi connectivity index (χ4n) is 2.52. The third kappa shape index (κ3) is 4.66. The quantitative estimate of drug-likeness (QED) is 0.930. The molecule has 1 aromatic heterocycles. The molecular weight excluding hydrogens is 284 g/mol. The zero-order chi connectivity index (χ0) is 15.2. The molecule has 0 aromatic carbocycles. The molecule has 0 spiro atoms. The van der Waals surface area contributed by atoms with Gasteiger partial charge in [0.25, 0.3) is 0 Å². The molecule has 1 aliphatic rings. The van der Waals surface area contributed by atoms with E-state index in [9.17, 15) is 4.79 Å². The molecule has 1 fully saturated rings. The zero-order valence-corrected chi connectivity index (χ0v) is 14.0. The summed E-state index contributed by atoms with van der Waals surface area (Å²) < 4.78 is 2.12. The lowest BCUT2D eigenvalue weighted by molar-refractivity contribution is 0.182. The molecule has 1 atom stereocenters. The molecule has 1 saturated heterocycles. The van der Waals surface area contributed by atoms with Gasteiger partial charge in [0.1, 0.15) is 5.82 Å². The van der Waals surface area contributed by atoms with Crippen molar-refractivity contribution in [2.75, 3.05) is 18.1 Å². The number of nitrogens with one attached hydrogen (secondary N) is 1. The third-order valence-corrected chi connectivity index (χ3v) is 4.71. The van der Waals surface area contributed by atoms with E-state index >= 15 is 0 Å². The van der Waals surface area contributed by atoms with Gasteiger partial charge in [-0.3, -0.25) is 0 Å². The minimum atomic E-state index is 0.0316. The van der Waals surface area contributed by atoms with Crippen molar-refractivity contribution in [3.05, 3.63) is 18.2 Å². The summed E-state index contributed by atoms with van der Waals surface area (Å²) in [6.07, 6.45) is 4.85. The van der Waals surface area contributed by atoms with Gasteiger partial charge in [-0.2, -0.15) is 11.8 Å². The van der Waals surface area contributed by atoms with Crippen molar-refractivity contribution in [2.24, 2.45) is 5.92 Å². The Morgan fingerprint density at radius 2 is 2.33 bits per heavy atom. The van der Waals surface area contributed by atoms with E-state index < -0.39 is 0 Å². The summed E-state index contributed by atoms with van der Waals surface area (Å²) >= 11 is 1.93. The van der Waals surface area contributed by atoms with Crippen molar-refractivity contribution >= 4 is 17.8 Å². The highest BCUT2D eigenvalue weighted by Crippen LogP contribution is 2.16. The molecule has 5 nitrogen and oxygen atoms in total. The molecule has 0 bridgehead atoms. The molecule has 2 rings (SSSR count). The Hall–Kier alpha value is -1.17. The van der Waals surface area contributed by atoms with E-state index in [0.29, 0.717) is 18.5 Å². The molecule has 1 N–H and O–H groups in total. The van der Waals surface area contributed by atoms with E-state index in [0.717, 1.165) is 36.8 Å². The van der Waals surface area contributed by atoms with Gasteiger partial charge >= 0.3 is 6.03 Å². The first-order valence-electron chi connectivity index (χ1n) is 7.70. The van der Waals surface area contributed by atoms with E-state index in [1.807, 2.05) is 22.9 Å². The Labute approximate surface area is 131 Å². The number of nitrogens with zero attached hydrogens (tertiary/aromatic N) is 3. The second kappa shape index (κ2) is 7.73. The van der Waals surface area contributed by atoms with Crippen LogP contribution in [-0.2, 0) is 13.1 Å². The second-order valence-corrected chi connectivity index (χ2v) is 7.22. The molecule has 2 amide bonds. The lowest BCUT2D eigenvalue weighted by atomic mass is 10.2. The first-order chi connectivity index (χ1) is 10.1. The Morgan fingerprint density at radius 1 is 1.52 bits per heavy atom. The molecule has 1 aromatic rings. The Kier molecular flexibility index (Phi) is 5.96. The number of aromatic nitrogens is 2. The Morgan fingerprint density at radius 3 is 3.10 bits per heavy atom. The third-order valence-electron chi connectivity index (χ3n) is 3.71. The Balaban J connectivity index is 1.90. The first kappa shape index (κ1) is 16.2. The topological polar surface area (TPSA) is 50.2 Å². The summed E-state index contributed by atoms with van der Waals surface area (Å²) in [5.74, 6) is 3.66. The van der Waals surface area contributed by atoms with E-state index in [2.05, 4.69) is 35.6 Å².